The summed E-state index contributed by atoms with van der Waals surface area (Å²) in [5.74, 6) is 1.20. The Hall–Kier alpha value is -0.940. The van der Waals surface area contributed by atoms with Crippen molar-refractivity contribution < 1.29 is 9.84 Å². The smallest absolute Gasteiger partial charge is 0.138 e. The molecule has 17 heavy (non-hydrogen) atoms. The van der Waals surface area contributed by atoms with Crippen molar-refractivity contribution in [2.45, 2.75) is 45.8 Å². The zero-order valence-corrected chi connectivity index (χ0v) is 11.1. The molecule has 0 aliphatic heterocycles. The molecule has 0 radical (unpaired) electrons. The average molecular weight is 241 g/mol. The van der Waals surface area contributed by atoms with E-state index in [9.17, 15) is 5.11 Å². The predicted molar refractivity (Wildman–Crippen MR) is 65.8 cm³/mol. The van der Waals surface area contributed by atoms with Crippen molar-refractivity contribution in [3.05, 3.63) is 12.2 Å². The van der Waals surface area contributed by atoms with Gasteiger partial charge in [-0.1, -0.05) is 6.92 Å². The van der Waals surface area contributed by atoms with Crippen LogP contribution in [0.4, 0.5) is 0 Å². The van der Waals surface area contributed by atoms with Crippen LogP contribution in [0, 0.1) is 5.92 Å². The molecule has 1 rings (SSSR count). The van der Waals surface area contributed by atoms with Crippen molar-refractivity contribution in [2.24, 2.45) is 5.92 Å². The van der Waals surface area contributed by atoms with E-state index in [0.717, 1.165) is 12.2 Å². The summed E-state index contributed by atoms with van der Waals surface area (Å²) in [4.78, 5) is 4.19. The zero-order valence-electron chi connectivity index (χ0n) is 11.1. The normalized spacial score (nSPS) is 15.2. The van der Waals surface area contributed by atoms with Crippen molar-refractivity contribution in [1.29, 1.82) is 0 Å². The van der Waals surface area contributed by atoms with Gasteiger partial charge in [-0.05, 0) is 26.2 Å². The second-order valence-corrected chi connectivity index (χ2v) is 4.87. The van der Waals surface area contributed by atoms with Crippen LogP contribution in [0.25, 0.3) is 0 Å². The Morgan fingerprint density at radius 3 is 2.71 bits per heavy atom. The van der Waals surface area contributed by atoms with Gasteiger partial charge in [0.1, 0.15) is 12.2 Å². The van der Waals surface area contributed by atoms with Crippen LogP contribution in [0.5, 0.6) is 0 Å². The zero-order chi connectivity index (χ0) is 12.8. The molecule has 0 spiro atoms. The largest absolute Gasteiger partial charge is 0.393 e. The molecular formula is C12H23N3O2. The minimum Gasteiger partial charge on any atom is -0.393 e. The molecule has 1 aromatic rings. The van der Waals surface area contributed by atoms with Crippen LogP contribution in [0.2, 0.25) is 0 Å². The molecule has 1 heterocycles. The van der Waals surface area contributed by atoms with E-state index >= 15 is 0 Å². The maximum Gasteiger partial charge on any atom is 0.138 e. The van der Waals surface area contributed by atoms with Gasteiger partial charge in [-0.3, -0.25) is 0 Å². The third-order valence-electron chi connectivity index (χ3n) is 2.68. The van der Waals surface area contributed by atoms with Gasteiger partial charge >= 0.3 is 0 Å². The average Bonchev–Trinajstić information content (AvgIpc) is 2.65. The van der Waals surface area contributed by atoms with Gasteiger partial charge in [-0.2, -0.15) is 5.10 Å². The Morgan fingerprint density at radius 2 is 2.12 bits per heavy atom. The summed E-state index contributed by atoms with van der Waals surface area (Å²) in [7, 11) is 1.68. The summed E-state index contributed by atoms with van der Waals surface area (Å²) < 4.78 is 6.91. The molecule has 0 aliphatic rings. The van der Waals surface area contributed by atoms with E-state index in [1.165, 1.54) is 0 Å². The summed E-state index contributed by atoms with van der Waals surface area (Å²) in [5.41, 5.74) is 0. The predicted octanol–water partition coefficient (Wildman–Crippen LogP) is 1.43. The van der Waals surface area contributed by atoms with Crippen molar-refractivity contribution in [1.82, 2.24) is 14.8 Å². The second-order valence-electron chi connectivity index (χ2n) is 4.87. The van der Waals surface area contributed by atoms with Gasteiger partial charge in [-0.25, -0.2) is 9.67 Å². The first-order valence-electron chi connectivity index (χ1n) is 6.10. The topological polar surface area (TPSA) is 60.2 Å². The maximum absolute atomic E-state index is 9.99. The van der Waals surface area contributed by atoms with Crippen molar-refractivity contribution in [2.75, 3.05) is 13.7 Å². The van der Waals surface area contributed by atoms with Crippen LogP contribution in [-0.4, -0.2) is 39.7 Å². The van der Waals surface area contributed by atoms with Crippen LogP contribution in [0.1, 0.15) is 39.1 Å². The van der Waals surface area contributed by atoms with Crippen LogP contribution in [-0.2, 0) is 11.2 Å². The lowest BCUT2D eigenvalue weighted by atomic mass is 10.0. The maximum atomic E-state index is 9.99. The lowest BCUT2D eigenvalue weighted by Gasteiger charge is -2.16. The molecule has 2 atom stereocenters. The number of aromatic nitrogens is 3. The Morgan fingerprint density at radius 1 is 1.41 bits per heavy atom. The highest BCUT2D eigenvalue weighted by Gasteiger charge is 2.15. The molecule has 0 amide bonds. The van der Waals surface area contributed by atoms with Gasteiger partial charge in [0.15, 0.2) is 0 Å². The molecule has 1 N–H and O–H groups in total. The SMILES string of the molecule is COCC(C)CC(O)Cc1ncnn1C(C)C. The summed E-state index contributed by atoms with van der Waals surface area (Å²) >= 11 is 0. The highest BCUT2D eigenvalue weighted by molar-refractivity contribution is 4.89. The highest BCUT2D eigenvalue weighted by atomic mass is 16.5. The molecule has 0 aliphatic carbocycles. The Kier molecular flexibility index (Phi) is 5.58. The van der Waals surface area contributed by atoms with Crippen LogP contribution in [0.3, 0.4) is 0 Å². The molecule has 2 unspecified atom stereocenters. The van der Waals surface area contributed by atoms with E-state index in [1.54, 1.807) is 13.4 Å². The molecule has 5 nitrogen and oxygen atoms in total. The Labute approximate surface area is 103 Å². The first-order chi connectivity index (χ1) is 8.04. The molecule has 0 saturated carbocycles. The molecule has 0 saturated heterocycles. The minimum absolute atomic E-state index is 0.274. The molecule has 0 bridgehead atoms. The number of rotatable bonds is 7. The monoisotopic (exact) mass is 241 g/mol. The molecule has 1 aromatic heterocycles. The van der Waals surface area contributed by atoms with Gasteiger partial charge in [-0.15, -0.1) is 0 Å². The molecular weight excluding hydrogens is 218 g/mol. The standard InChI is InChI=1S/C12H23N3O2/c1-9(2)15-12(13-8-14-15)6-11(16)5-10(3)7-17-4/h8-11,16H,5-7H2,1-4H3. The number of hydrogen-bond acceptors (Lipinski definition) is 4. The van der Waals surface area contributed by atoms with Gasteiger partial charge in [0.2, 0.25) is 0 Å². The van der Waals surface area contributed by atoms with Gasteiger partial charge in [0.25, 0.3) is 0 Å². The first-order valence-corrected chi connectivity index (χ1v) is 6.10. The van der Waals surface area contributed by atoms with E-state index in [2.05, 4.69) is 30.9 Å². The van der Waals surface area contributed by atoms with E-state index in [1.807, 2.05) is 4.68 Å². The Balaban J connectivity index is 2.50. The van der Waals surface area contributed by atoms with E-state index < -0.39 is 0 Å². The van der Waals surface area contributed by atoms with Gasteiger partial charge in [0.05, 0.1) is 6.10 Å². The minimum atomic E-state index is -0.387. The van der Waals surface area contributed by atoms with E-state index in [4.69, 9.17) is 4.74 Å². The van der Waals surface area contributed by atoms with Crippen LogP contribution < -0.4 is 0 Å². The number of aliphatic hydroxyl groups is 1. The number of aliphatic hydroxyl groups excluding tert-OH is 1. The highest BCUT2D eigenvalue weighted by Crippen LogP contribution is 2.12. The van der Waals surface area contributed by atoms with Crippen LogP contribution in [0.15, 0.2) is 6.33 Å². The summed E-state index contributed by atoms with van der Waals surface area (Å²) in [6, 6.07) is 0.274. The fourth-order valence-corrected chi connectivity index (χ4v) is 1.96. The number of ether oxygens (including phenoxy) is 1. The third kappa shape index (κ3) is 4.44. The summed E-state index contributed by atoms with van der Waals surface area (Å²) in [6.07, 6.45) is 2.42. The van der Waals surface area contributed by atoms with E-state index in [0.29, 0.717) is 18.9 Å². The van der Waals surface area contributed by atoms with Crippen molar-refractivity contribution in [3.8, 4) is 0 Å². The Bertz CT molecular complexity index is 325. The lowest BCUT2D eigenvalue weighted by Crippen LogP contribution is -2.20. The molecule has 0 aromatic carbocycles. The van der Waals surface area contributed by atoms with Crippen molar-refractivity contribution >= 4 is 0 Å². The fourth-order valence-electron chi connectivity index (χ4n) is 1.96. The summed E-state index contributed by atoms with van der Waals surface area (Å²) in [6.45, 7) is 6.85. The molecule has 0 fully saturated rings. The van der Waals surface area contributed by atoms with Crippen molar-refractivity contribution in [3.63, 3.8) is 0 Å². The first kappa shape index (κ1) is 14.1. The fraction of sp³-hybridized carbons (Fsp3) is 0.833. The quantitative estimate of drug-likeness (QED) is 0.784. The summed E-state index contributed by atoms with van der Waals surface area (Å²) in [5, 5.41) is 14.1. The van der Waals surface area contributed by atoms with E-state index in [-0.39, 0.29) is 12.1 Å². The number of nitrogens with zero attached hydrogens (tertiary/aromatic N) is 3. The molecule has 98 valence electrons. The number of methoxy groups -OCH3 is 1. The second kappa shape index (κ2) is 6.71. The lowest BCUT2D eigenvalue weighted by molar-refractivity contribution is 0.0996. The third-order valence-corrected chi connectivity index (χ3v) is 2.68. The van der Waals surface area contributed by atoms with Gasteiger partial charge < -0.3 is 9.84 Å². The van der Waals surface area contributed by atoms with Crippen LogP contribution >= 0.6 is 0 Å². The molecule has 5 heteroatoms. The van der Waals surface area contributed by atoms with Gasteiger partial charge in [0, 0.05) is 26.2 Å². The number of hydrogen-bond donors (Lipinski definition) is 1.